The van der Waals surface area contributed by atoms with E-state index < -0.39 is 59.3 Å². The number of benzene rings is 2. The quantitative estimate of drug-likeness (QED) is 0.0767. The van der Waals surface area contributed by atoms with Crippen molar-refractivity contribution in [2.75, 3.05) is 27.6 Å². The molecule has 4 atom stereocenters. The molecule has 60 heavy (non-hydrogen) atoms. The standard InChI is InChI=1S/C46H60F2N8O4/c1-41(2,3)35(55-39(57)45(25-47,59-9)23-43(7)15-16-43)37-51-29-13-11-27(19-31(29)53-37)33-21-50-34(22-49-33)28-12-14-30-32(20-28)54-38(52-30)36(42(4,5)6)56-40(58)46(26-48,60-10)24-44(8)17-18-44/h11-14,19-22,35-36H,15-18,23-26H2,1-10H3,(H,51,53)(H,52,54)(H,55,57)(H,56,58)/t35-,36-,45?,46?/m1/s1. The first-order valence-electron chi connectivity index (χ1n) is 20.8. The number of hydrogen-bond donors (Lipinski definition) is 4. The second-order valence-corrected chi connectivity index (χ2v) is 20.2. The van der Waals surface area contributed by atoms with Gasteiger partial charge in [0.15, 0.2) is 11.2 Å². The lowest BCUT2D eigenvalue weighted by Gasteiger charge is -2.36. The van der Waals surface area contributed by atoms with Gasteiger partial charge in [-0.25, -0.2) is 18.7 Å². The maximum absolute atomic E-state index is 14.6. The van der Waals surface area contributed by atoms with Gasteiger partial charge in [-0.1, -0.05) is 67.5 Å². The molecular weight excluding hydrogens is 767 g/mol. The van der Waals surface area contributed by atoms with Gasteiger partial charge in [-0.2, -0.15) is 0 Å². The Morgan fingerprint density at radius 1 is 0.683 bits per heavy atom. The second kappa shape index (κ2) is 15.6. The Morgan fingerprint density at radius 3 is 1.33 bits per heavy atom. The van der Waals surface area contributed by atoms with Gasteiger partial charge in [0, 0.05) is 25.3 Å². The minimum absolute atomic E-state index is 0.103. The Hall–Kier alpha value is -4.82. The van der Waals surface area contributed by atoms with Crippen LogP contribution in [0.4, 0.5) is 8.78 Å². The largest absolute Gasteiger partial charge is 0.366 e. The molecule has 4 N–H and O–H groups in total. The van der Waals surface area contributed by atoms with Crippen molar-refractivity contribution in [1.82, 2.24) is 40.5 Å². The summed E-state index contributed by atoms with van der Waals surface area (Å²) in [5, 5.41) is 6.17. The van der Waals surface area contributed by atoms with Crippen molar-refractivity contribution in [3.05, 3.63) is 60.4 Å². The number of amides is 2. The van der Waals surface area contributed by atoms with Crippen molar-refractivity contribution in [2.45, 2.75) is 117 Å². The third kappa shape index (κ3) is 8.68. The van der Waals surface area contributed by atoms with E-state index in [2.05, 4.69) is 34.4 Å². The van der Waals surface area contributed by atoms with Crippen LogP contribution < -0.4 is 10.6 Å². The number of alkyl halides is 2. The zero-order valence-corrected chi connectivity index (χ0v) is 36.6. The summed E-state index contributed by atoms with van der Waals surface area (Å²) >= 11 is 0. The minimum atomic E-state index is -1.57. The van der Waals surface area contributed by atoms with Crippen molar-refractivity contribution in [3.63, 3.8) is 0 Å². The lowest BCUT2D eigenvalue weighted by Crippen LogP contribution is -2.53. The normalized spacial score (nSPS) is 19.0. The summed E-state index contributed by atoms with van der Waals surface area (Å²) in [5.74, 6) is 0.156. The van der Waals surface area contributed by atoms with Crippen LogP contribution in [-0.2, 0) is 19.1 Å². The number of imidazole rings is 2. The Labute approximate surface area is 350 Å². The molecular formula is C46H60F2N8O4. The minimum Gasteiger partial charge on any atom is -0.366 e. The number of nitrogens with one attached hydrogen (secondary N) is 4. The average Bonchev–Trinajstić information content (AvgIpc) is 4.01. The van der Waals surface area contributed by atoms with E-state index in [1.165, 1.54) is 14.2 Å². The van der Waals surface area contributed by atoms with Gasteiger partial charge < -0.3 is 30.1 Å². The Kier molecular flexibility index (Phi) is 11.2. The lowest BCUT2D eigenvalue weighted by molar-refractivity contribution is -0.150. The molecule has 12 nitrogen and oxygen atoms in total. The number of aromatic nitrogens is 6. The van der Waals surface area contributed by atoms with Gasteiger partial charge in [-0.15, -0.1) is 0 Å². The van der Waals surface area contributed by atoms with Crippen molar-refractivity contribution < 1.29 is 27.8 Å². The summed E-state index contributed by atoms with van der Waals surface area (Å²) in [6, 6.07) is 10.4. The summed E-state index contributed by atoms with van der Waals surface area (Å²) in [6.45, 7) is 14.3. The summed E-state index contributed by atoms with van der Waals surface area (Å²) in [4.78, 5) is 53.5. The van der Waals surface area contributed by atoms with Crippen LogP contribution in [0.5, 0.6) is 0 Å². The maximum atomic E-state index is 14.6. The molecule has 3 aromatic heterocycles. The molecule has 2 aliphatic carbocycles. The molecule has 7 rings (SSSR count). The molecule has 0 saturated heterocycles. The van der Waals surface area contributed by atoms with Crippen LogP contribution in [0, 0.1) is 21.7 Å². The van der Waals surface area contributed by atoms with Gasteiger partial charge in [0.25, 0.3) is 11.8 Å². The topological polar surface area (TPSA) is 160 Å². The predicted octanol–water partition coefficient (Wildman–Crippen LogP) is 9.06. The number of methoxy groups -OCH3 is 2. The molecule has 2 amide bonds. The number of nitrogens with zero attached hydrogens (tertiary/aromatic N) is 4. The Bertz CT molecular complexity index is 2200. The van der Waals surface area contributed by atoms with Crippen LogP contribution in [0.25, 0.3) is 44.6 Å². The van der Waals surface area contributed by atoms with Crippen LogP contribution in [0.15, 0.2) is 48.8 Å². The molecule has 5 aromatic rings. The number of ether oxygens (including phenoxy) is 2. The molecule has 322 valence electrons. The van der Waals surface area contributed by atoms with Crippen LogP contribution in [-0.4, -0.2) is 80.5 Å². The molecule has 2 aromatic carbocycles. The van der Waals surface area contributed by atoms with Crippen molar-refractivity contribution in [3.8, 4) is 22.5 Å². The summed E-state index contributed by atoms with van der Waals surface area (Å²) in [7, 11) is 2.80. The predicted molar refractivity (Wildman–Crippen MR) is 228 cm³/mol. The van der Waals surface area contributed by atoms with E-state index in [4.69, 9.17) is 29.4 Å². The van der Waals surface area contributed by atoms with Crippen molar-refractivity contribution >= 4 is 33.9 Å². The number of halogens is 2. The molecule has 0 spiro atoms. The van der Waals surface area contributed by atoms with E-state index in [-0.39, 0.29) is 10.8 Å². The fourth-order valence-corrected chi connectivity index (χ4v) is 8.17. The highest BCUT2D eigenvalue weighted by atomic mass is 19.1. The van der Waals surface area contributed by atoms with Gasteiger partial charge in [0.05, 0.1) is 57.9 Å². The molecule has 2 unspecified atom stereocenters. The molecule has 2 fully saturated rings. The molecule has 3 heterocycles. The third-order valence-electron chi connectivity index (χ3n) is 12.7. The summed E-state index contributed by atoms with van der Waals surface area (Å²) < 4.78 is 40.3. The fraction of sp³-hybridized carbons (Fsp3) is 0.565. The molecule has 2 saturated carbocycles. The van der Waals surface area contributed by atoms with E-state index in [0.717, 1.165) is 47.8 Å². The van der Waals surface area contributed by atoms with Gasteiger partial charge in [-0.3, -0.25) is 19.6 Å². The summed E-state index contributed by atoms with van der Waals surface area (Å²) in [5.41, 5.74) is 1.64. The van der Waals surface area contributed by atoms with E-state index >= 15 is 0 Å². The first-order chi connectivity index (χ1) is 28.2. The number of H-pyrrole nitrogens is 2. The number of carbonyl (C=O) groups is 2. The van der Waals surface area contributed by atoms with Gasteiger partial charge in [0.2, 0.25) is 0 Å². The molecule has 0 radical (unpaired) electrons. The molecule has 0 aliphatic heterocycles. The average molecular weight is 827 g/mol. The highest BCUT2D eigenvalue weighted by Crippen LogP contribution is 2.53. The van der Waals surface area contributed by atoms with Crippen LogP contribution in [0.2, 0.25) is 0 Å². The van der Waals surface area contributed by atoms with Crippen LogP contribution in [0.1, 0.15) is 118 Å². The van der Waals surface area contributed by atoms with Crippen molar-refractivity contribution in [1.29, 1.82) is 0 Å². The molecule has 0 bridgehead atoms. The number of rotatable bonds is 16. The smallest absolute Gasteiger partial charge is 0.255 e. The van der Waals surface area contributed by atoms with Gasteiger partial charge in [-0.05, 0) is 84.5 Å². The monoisotopic (exact) mass is 826 g/mol. The first kappa shape index (κ1) is 43.3. The fourth-order valence-electron chi connectivity index (χ4n) is 8.17. The number of carbonyl (C=O) groups excluding carboxylic acids is 2. The Morgan fingerprint density at radius 2 is 1.05 bits per heavy atom. The Balaban J connectivity index is 1.09. The highest BCUT2D eigenvalue weighted by Gasteiger charge is 2.52. The SMILES string of the molecule is COC(CF)(CC1(C)CC1)C(=O)N[C@H](c1nc2ccc(-c3cnc(-c4ccc5nc([C@@H](NC(=O)C(CF)(CC6(C)CC6)OC)C(C)(C)C)[nH]c5c4)cn3)cc2[nH]1)C(C)(C)C. The van der Waals surface area contributed by atoms with Crippen LogP contribution in [0.3, 0.4) is 0 Å². The number of aromatic amines is 2. The third-order valence-corrected chi connectivity index (χ3v) is 12.7. The zero-order valence-electron chi connectivity index (χ0n) is 36.6. The van der Waals surface area contributed by atoms with Gasteiger partial charge >= 0.3 is 0 Å². The van der Waals surface area contributed by atoms with Crippen molar-refractivity contribution in [2.24, 2.45) is 21.7 Å². The van der Waals surface area contributed by atoms with Crippen LogP contribution >= 0.6 is 0 Å². The lowest BCUT2D eigenvalue weighted by atomic mass is 9.84. The second-order valence-electron chi connectivity index (χ2n) is 20.2. The number of fused-ring (bicyclic) bond motifs is 2. The zero-order chi connectivity index (χ0) is 43.5. The maximum Gasteiger partial charge on any atom is 0.255 e. The van der Waals surface area contributed by atoms with E-state index in [1.54, 1.807) is 12.4 Å². The molecule has 2 aliphatic rings. The van der Waals surface area contributed by atoms with E-state index in [9.17, 15) is 18.4 Å². The highest BCUT2D eigenvalue weighted by molar-refractivity contribution is 5.87. The summed E-state index contributed by atoms with van der Waals surface area (Å²) in [6.07, 6.45) is 7.84. The first-order valence-corrected chi connectivity index (χ1v) is 20.8. The van der Waals surface area contributed by atoms with Gasteiger partial charge in [0.1, 0.15) is 25.0 Å². The number of hydrogen-bond acceptors (Lipinski definition) is 8. The van der Waals surface area contributed by atoms with E-state index in [0.29, 0.717) is 46.9 Å². The molecule has 14 heteroatoms. The van der Waals surface area contributed by atoms with E-state index in [1.807, 2.05) is 77.9 Å².